The van der Waals surface area contributed by atoms with Crippen molar-refractivity contribution in [2.75, 3.05) is 18.5 Å². The lowest BCUT2D eigenvalue weighted by molar-refractivity contribution is 0.102. The van der Waals surface area contributed by atoms with Gasteiger partial charge in [0.2, 0.25) is 0 Å². The molecule has 0 radical (unpaired) electrons. The molecule has 0 aliphatic rings. The smallest absolute Gasteiger partial charge is 0.255 e. The number of halogens is 1. The third kappa shape index (κ3) is 3.80. The van der Waals surface area contributed by atoms with E-state index in [1.807, 2.05) is 38.1 Å². The van der Waals surface area contributed by atoms with Gasteiger partial charge in [-0.25, -0.2) is 0 Å². The van der Waals surface area contributed by atoms with Crippen LogP contribution in [-0.4, -0.2) is 24.1 Å². The molecule has 0 aliphatic heterocycles. The summed E-state index contributed by atoms with van der Waals surface area (Å²) in [6.07, 6.45) is 1.70. The van der Waals surface area contributed by atoms with Crippen LogP contribution in [0.25, 0.3) is 10.9 Å². The van der Waals surface area contributed by atoms with E-state index in [2.05, 4.69) is 26.2 Å². The number of hydrogen-bond acceptors (Lipinski definition) is 4. The van der Waals surface area contributed by atoms with Crippen LogP contribution in [0.5, 0.6) is 11.5 Å². The Hall–Kier alpha value is -2.60. The number of amides is 1. The van der Waals surface area contributed by atoms with Gasteiger partial charge in [-0.2, -0.15) is 0 Å². The lowest BCUT2D eigenvalue weighted by Gasteiger charge is -2.13. The van der Waals surface area contributed by atoms with E-state index in [1.165, 1.54) is 0 Å². The maximum Gasteiger partial charge on any atom is 0.255 e. The number of pyridine rings is 1. The lowest BCUT2D eigenvalue weighted by Crippen LogP contribution is -2.13. The zero-order valence-corrected chi connectivity index (χ0v) is 16.2. The molecule has 0 saturated carbocycles. The van der Waals surface area contributed by atoms with Crippen molar-refractivity contribution in [1.82, 2.24) is 4.98 Å². The van der Waals surface area contributed by atoms with Crippen LogP contribution in [0.1, 0.15) is 24.2 Å². The zero-order chi connectivity index (χ0) is 18.5. The fourth-order valence-electron chi connectivity index (χ4n) is 2.63. The molecular weight excluding hydrogens is 396 g/mol. The minimum atomic E-state index is -0.233. The van der Waals surface area contributed by atoms with Gasteiger partial charge in [-0.1, -0.05) is 22.0 Å². The predicted molar refractivity (Wildman–Crippen MR) is 106 cm³/mol. The molecule has 0 aliphatic carbocycles. The molecule has 26 heavy (non-hydrogen) atoms. The van der Waals surface area contributed by atoms with Crippen molar-refractivity contribution in [1.29, 1.82) is 0 Å². The number of anilines is 1. The van der Waals surface area contributed by atoms with E-state index >= 15 is 0 Å². The van der Waals surface area contributed by atoms with Crippen molar-refractivity contribution in [2.24, 2.45) is 0 Å². The third-order valence-corrected chi connectivity index (χ3v) is 4.46. The van der Waals surface area contributed by atoms with Crippen LogP contribution in [0, 0.1) is 0 Å². The van der Waals surface area contributed by atoms with Gasteiger partial charge >= 0.3 is 0 Å². The molecule has 0 spiro atoms. The van der Waals surface area contributed by atoms with Gasteiger partial charge < -0.3 is 14.8 Å². The number of carbonyl (C=O) groups excluding carboxylic acids is 1. The maximum absolute atomic E-state index is 12.7. The molecule has 3 rings (SSSR count). The number of aromatic nitrogens is 1. The Morgan fingerprint density at radius 2 is 1.85 bits per heavy atom. The first kappa shape index (κ1) is 18.2. The fourth-order valence-corrected chi connectivity index (χ4v) is 3.08. The van der Waals surface area contributed by atoms with Crippen molar-refractivity contribution in [3.8, 4) is 11.5 Å². The summed E-state index contributed by atoms with van der Waals surface area (Å²) in [6, 6.07) is 12.7. The van der Waals surface area contributed by atoms with Crippen molar-refractivity contribution in [3.05, 3.63) is 58.7 Å². The summed E-state index contributed by atoms with van der Waals surface area (Å²) in [6.45, 7) is 4.82. The quantitative estimate of drug-likeness (QED) is 0.612. The summed E-state index contributed by atoms with van der Waals surface area (Å²) in [5, 5.41) is 3.87. The molecular formula is C20H19BrN2O3. The van der Waals surface area contributed by atoms with E-state index in [1.54, 1.807) is 24.4 Å². The van der Waals surface area contributed by atoms with E-state index in [0.29, 0.717) is 36.0 Å². The Labute approximate surface area is 160 Å². The van der Waals surface area contributed by atoms with Crippen LogP contribution in [0.4, 0.5) is 5.69 Å². The van der Waals surface area contributed by atoms with Gasteiger partial charge in [0.1, 0.15) is 0 Å². The Balaban J connectivity index is 1.91. The van der Waals surface area contributed by atoms with Crippen LogP contribution in [-0.2, 0) is 0 Å². The first-order chi connectivity index (χ1) is 12.6. The Kier molecular flexibility index (Phi) is 5.73. The normalized spacial score (nSPS) is 10.6. The maximum atomic E-state index is 12.7. The Bertz CT molecular complexity index is 943. The van der Waals surface area contributed by atoms with E-state index in [-0.39, 0.29) is 5.91 Å². The first-order valence-corrected chi connectivity index (χ1v) is 9.17. The molecule has 0 bridgehead atoms. The molecule has 0 fully saturated rings. The number of hydrogen-bond donors (Lipinski definition) is 1. The molecule has 1 aromatic heterocycles. The second-order valence-electron chi connectivity index (χ2n) is 5.48. The van der Waals surface area contributed by atoms with Crippen LogP contribution in [0.2, 0.25) is 0 Å². The summed E-state index contributed by atoms with van der Waals surface area (Å²) in [5.74, 6) is 0.950. The molecule has 3 aromatic rings. The highest BCUT2D eigenvalue weighted by atomic mass is 79.9. The standard InChI is InChI=1S/C20H19BrN2O3/c1-3-25-17-10-7-13(12-18(17)26-4-2)20(24)23-16-9-8-15(21)14-6-5-11-22-19(14)16/h5-12H,3-4H2,1-2H3,(H,23,24). The second-order valence-corrected chi connectivity index (χ2v) is 6.33. The summed E-state index contributed by atoms with van der Waals surface area (Å²) in [4.78, 5) is 17.1. The van der Waals surface area contributed by atoms with Gasteiger partial charge in [0.15, 0.2) is 11.5 Å². The molecule has 0 saturated heterocycles. The molecule has 1 N–H and O–H groups in total. The number of carbonyl (C=O) groups is 1. The average Bonchev–Trinajstić information content (AvgIpc) is 2.66. The zero-order valence-electron chi connectivity index (χ0n) is 14.6. The number of nitrogens with zero attached hydrogens (tertiary/aromatic N) is 1. The highest BCUT2D eigenvalue weighted by Gasteiger charge is 2.14. The van der Waals surface area contributed by atoms with Crippen molar-refractivity contribution in [3.63, 3.8) is 0 Å². The van der Waals surface area contributed by atoms with Crippen molar-refractivity contribution in [2.45, 2.75) is 13.8 Å². The Morgan fingerprint density at radius 3 is 2.62 bits per heavy atom. The molecule has 5 nitrogen and oxygen atoms in total. The lowest BCUT2D eigenvalue weighted by atomic mass is 10.1. The summed E-state index contributed by atoms with van der Waals surface area (Å²) >= 11 is 3.51. The fraction of sp³-hybridized carbons (Fsp3) is 0.200. The molecule has 6 heteroatoms. The van der Waals surface area contributed by atoms with Crippen molar-refractivity contribution >= 4 is 38.4 Å². The molecule has 1 amide bonds. The molecule has 2 aromatic carbocycles. The number of benzene rings is 2. The monoisotopic (exact) mass is 414 g/mol. The van der Waals surface area contributed by atoms with E-state index in [4.69, 9.17) is 9.47 Å². The van der Waals surface area contributed by atoms with E-state index in [9.17, 15) is 4.79 Å². The van der Waals surface area contributed by atoms with Gasteiger partial charge in [-0.15, -0.1) is 0 Å². The highest BCUT2D eigenvalue weighted by molar-refractivity contribution is 9.10. The summed E-state index contributed by atoms with van der Waals surface area (Å²) in [5.41, 5.74) is 1.87. The van der Waals surface area contributed by atoms with Gasteiger partial charge in [-0.3, -0.25) is 9.78 Å². The Morgan fingerprint density at radius 1 is 1.08 bits per heavy atom. The molecule has 134 valence electrons. The van der Waals surface area contributed by atoms with E-state index in [0.717, 1.165) is 15.4 Å². The van der Waals surface area contributed by atoms with Crippen LogP contribution in [0.3, 0.4) is 0 Å². The van der Waals surface area contributed by atoms with Crippen molar-refractivity contribution < 1.29 is 14.3 Å². The molecule has 0 atom stereocenters. The van der Waals surface area contributed by atoms with Gasteiger partial charge in [0, 0.05) is 21.6 Å². The third-order valence-electron chi connectivity index (χ3n) is 3.77. The van der Waals surface area contributed by atoms with Crippen LogP contribution in [0.15, 0.2) is 53.1 Å². The predicted octanol–water partition coefficient (Wildman–Crippen LogP) is 5.05. The number of rotatable bonds is 6. The minimum absolute atomic E-state index is 0.233. The van der Waals surface area contributed by atoms with E-state index < -0.39 is 0 Å². The number of fused-ring (bicyclic) bond motifs is 1. The summed E-state index contributed by atoms with van der Waals surface area (Å²) in [7, 11) is 0. The molecule has 0 unspecified atom stereocenters. The minimum Gasteiger partial charge on any atom is -0.490 e. The van der Waals surface area contributed by atoms with Crippen LogP contribution < -0.4 is 14.8 Å². The average molecular weight is 415 g/mol. The molecule has 1 heterocycles. The second kappa shape index (κ2) is 8.19. The van der Waals surface area contributed by atoms with Gasteiger partial charge in [0.05, 0.1) is 24.4 Å². The SMILES string of the molecule is CCOc1ccc(C(=O)Nc2ccc(Br)c3cccnc23)cc1OCC. The largest absolute Gasteiger partial charge is 0.490 e. The van der Waals surface area contributed by atoms with Crippen LogP contribution >= 0.6 is 15.9 Å². The van der Waals surface area contributed by atoms with Gasteiger partial charge in [0.25, 0.3) is 5.91 Å². The summed E-state index contributed by atoms with van der Waals surface area (Å²) < 4.78 is 12.1. The topological polar surface area (TPSA) is 60.5 Å². The highest BCUT2D eigenvalue weighted by Crippen LogP contribution is 2.31. The number of ether oxygens (including phenoxy) is 2. The number of nitrogens with one attached hydrogen (secondary N) is 1. The van der Waals surface area contributed by atoms with Gasteiger partial charge in [-0.05, 0) is 50.2 Å². The first-order valence-electron chi connectivity index (χ1n) is 8.38.